The Morgan fingerprint density at radius 3 is 2.48 bits per heavy atom. The lowest BCUT2D eigenvalue weighted by atomic mass is 9.89. The van der Waals surface area contributed by atoms with Gasteiger partial charge in [-0.15, -0.1) is 0 Å². The van der Waals surface area contributed by atoms with Gasteiger partial charge in [-0.2, -0.15) is 0 Å². The molecule has 6 rings (SSSR count). The Morgan fingerprint density at radius 2 is 1.80 bits per heavy atom. The molecule has 3 aromatic rings. The van der Waals surface area contributed by atoms with Gasteiger partial charge in [0.1, 0.15) is 17.4 Å². The van der Waals surface area contributed by atoms with E-state index in [-0.39, 0.29) is 35.8 Å². The van der Waals surface area contributed by atoms with Crippen LogP contribution in [0.4, 0.5) is 10.2 Å². The van der Waals surface area contributed by atoms with E-state index in [0.29, 0.717) is 41.3 Å². The molecule has 2 aromatic carbocycles. The molecular formula is C35H42FN5O3. The maximum Gasteiger partial charge on any atom is 0.252 e. The third-order valence-electron chi connectivity index (χ3n) is 9.66. The molecule has 9 heteroatoms. The van der Waals surface area contributed by atoms with Gasteiger partial charge in [0.25, 0.3) is 11.8 Å². The van der Waals surface area contributed by atoms with Crippen LogP contribution in [0.25, 0.3) is 0 Å². The zero-order valence-electron chi connectivity index (χ0n) is 25.6. The molecule has 44 heavy (non-hydrogen) atoms. The molecule has 3 N–H and O–H groups in total. The van der Waals surface area contributed by atoms with E-state index in [0.717, 1.165) is 68.6 Å². The Kier molecular flexibility index (Phi) is 9.12. The minimum absolute atomic E-state index is 0.0651. The lowest BCUT2D eigenvalue weighted by Crippen LogP contribution is -2.50. The minimum Gasteiger partial charge on any atom is -0.496 e. The van der Waals surface area contributed by atoms with Crippen molar-refractivity contribution in [2.75, 3.05) is 31.6 Å². The largest absolute Gasteiger partial charge is 0.496 e. The quantitative estimate of drug-likeness (QED) is 0.324. The molecule has 3 aliphatic rings. The first-order chi connectivity index (χ1) is 21.4. The maximum atomic E-state index is 14.8. The molecule has 0 saturated carbocycles. The highest BCUT2D eigenvalue weighted by Gasteiger charge is 2.42. The number of hydrogen-bond acceptors (Lipinski definition) is 6. The van der Waals surface area contributed by atoms with Crippen molar-refractivity contribution in [1.29, 1.82) is 0 Å². The van der Waals surface area contributed by atoms with Crippen LogP contribution in [0.5, 0.6) is 5.75 Å². The fourth-order valence-electron chi connectivity index (χ4n) is 7.28. The number of fused-ring (bicyclic) bond motifs is 2. The molecule has 0 spiro atoms. The van der Waals surface area contributed by atoms with Crippen molar-refractivity contribution in [1.82, 2.24) is 20.9 Å². The highest BCUT2D eigenvalue weighted by Crippen LogP contribution is 2.39. The van der Waals surface area contributed by atoms with Crippen LogP contribution >= 0.6 is 0 Å². The number of halogens is 1. The van der Waals surface area contributed by atoms with E-state index in [2.05, 4.69) is 25.8 Å². The van der Waals surface area contributed by atoms with Gasteiger partial charge in [-0.05, 0) is 112 Å². The SMILES string of the molecule is COc1cccc(C(=O)NC2CC3CCC(C2)N3c2ccc(C(=O)NCCc3ccc(C4CCNCC4)cc3F)cn2)c1C. The molecule has 2 unspecified atom stereocenters. The number of ether oxygens (including phenoxy) is 1. The van der Waals surface area contributed by atoms with Crippen LogP contribution in [-0.4, -0.2) is 61.7 Å². The number of methoxy groups -OCH3 is 1. The number of aromatic nitrogens is 1. The van der Waals surface area contributed by atoms with Crippen LogP contribution in [0.2, 0.25) is 0 Å². The van der Waals surface area contributed by atoms with Gasteiger partial charge in [0, 0.05) is 42.0 Å². The molecule has 3 saturated heterocycles. The summed E-state index contributed by atoms with van der Waals surface area (Å²) in [5.74, 6) is 1.50. The molecule has 3 aliphatic heterocycles. The lowest BCUT2D eigenvalue weighted by molar-refractivity contribution is 0.0924. The summed E-state index contributed by atoms with van der Waals surface area (Å²) in [5, 5.41) is 9.52. The Hall–Kier alpha value is -3.98. The van der Waals surface area contributed by atoms with E-state index in [4.69, 9.17) is 4.74 Å². The summed E-state index contributed by atoms with van der Waals surface area (Å²) in [4.78, 5) is 32.9. The van der Waals surface area contributed by atoms with Gasteiger partial charge in [0.05, 0.1) is 12.7 Å². The summed E-state index contributed by atoms with van der Waals surface area (Å²) in [6.07, 6.45) is 7.92. The van der Waals surface area contributed by atoms with E-state index < -0.39 is 0 Å². The second kappa shape index (κ2) is 13.3. The number of rotatable bonds is 9. The third kappa shape index (κ3) is 6.43. The Balaban J connectivity index is 1.00. The van der Waals surface area contributed by atoms with Gasteiger partial charge in [-0.25, -0.2) is 9.37 Å². The van der Waals surface area contributed by atoms with Crippen LogP contribution in [0.15, 0.2) is 54.7 Å². The first-order valence-corrected chi connectivity index (χ1v) is 15.9. The number of anilines is 1. The predicted molar refractivity (Wildman–Crippen MR) is 169 cm³/mol. The number of hydrogen-bond donors (Lipinski definition) is 3. The zero-order chi connectivity index (χ0) is 30.6. The van der Waals surface area contributed by atoms with Crippen molar-refractivity contribution in [3.05, 3.63) is 88.4 Å². The highest BCUT2D eigenvalue weighted by atomic mass is 19.1. The molecule has 4 heterocycles. The lowest BCUT2D eigenvalue weighted by Gasteiger charge is -2.40. The molecule has 2 amide bonds. The summed E-state index contributed by atoms with van der Waals surface area (Å²) in [5.41, 5.74) is 3.65. The summed E-state index contributed by atoms with van der Waals surface area (Å²) < 4.78 is 20.2. The van der Waals surface area contributed by atoms with E-state index in [1.165, 1.54) is 0 Å². The van der Waals surface area contributed by atoms with E-state index in [9.17, 15) is 14.0 Å². The first kappa shape index (κ1) is 30.1. The van der Waals surface area contributed by atoms with Crippen LogP contribution < -0.4 is 25.6 Å². The number of nitrogens with one attached hydrogen (secondary N) is 3. The van der Waals surface area contributed by atoms with Crippen LogP contribution in [0.1, 0.15) is 81.8 Å². The minimum atomic E-state index is -0.215. The van der Waals surface area contributed by atoms with Crippen LogP contribution in [-0.2, 0) is 6.42 Å². The topological polar surface area (TPSA) is 95.6 Å². The van der Waals surface area contributed by atoms with Crippen molar-refractivity contribution in [3.63, 3.8) is 0 Å². The molecule has 232 valence electrons. The molecule has 0 radical (unpaired) electrons. The molecule has 8 nitrogen and oxygen atoms in total. The third-order valence-corrected chi connectivity index (χ3v) is 9.66. The standard InChI is InChI=1S/C35H42FN5O3/c1-22-30(4-3-5-32(22)44-2)35(43)40-27-19-28-9-10-29(20-27)41(28)33-11-8-26(21-39-33)34(42)38-17-14-24-6-7-25(18-31(24)36)23-12-15-37-16-13-23/h3-8,11,18,21,23,27-29,37H,9-10,12-17,19-20H2,1-2H3,(H,38,42)(H,40,43). The summed E-state index contributed by atoms with van der Waals surface area (Å²) >= 11 is 0. The number of benzene rings is 2. The molecule has 3 fully saturated rings. The number of pyridine rings is 1. The van der Waals surface area contributed by atoms with Gasteiger partial charge in [-0.3, -0.25) is 9.59 Å². The molecular weight excluding hydrogens is 557 g/mol. The maximum absolute atomic E-state index is 14.8. The number of piperidine rings is 2. The van der Waals surface area contributed by atoms with Gasteiger partial charge in [-0.1, -0.05) is 18.2 Å². The fourth-order valence-corrected chi connectivity index (χ4v) is 7.28. The highest BCUT2D eigenvalue weighted by molar-refractivity contribution is 5.96. The zero-order valence-corrected chi connectivity index (χ0v) is 25.6. The van der Waals surface area contributed by atoms with E-state index >= 15 is 0 Å². The second-order valence-electron chi connectivity index (χ2n) is 12.4. The van der Waals surface area contributed by atoms with Crippen molar-refractivity contribution in [2.24, 2.45) is 0 Å². The Labute approximate surface area is 258 Å². The van der Waals surface area contributed by atoms with Crippen molar-refractivity contribution >= 4 is 17.6 Å². The first-order valence-electron chi connectivity index (χ1n) is 15.9. The summed E-state index contributed by atoms with van der Waals surface area (Å²) in [7, 11) is 1.61. The smallest absolute Gasteiger partial charge is 0.252 e. The molecule has 2 bridgehead atoms. The van der Waals surface area contributed by atoms with Gasteiger partial charge in [0.15, 0.2) is 0 Å². The van der Waals surface area contributed by atoms with Crippen molar-refractivity contribution in [2.45, 2.75) is 75.9 Å². The second-order valence-corrected chi connectivity index (χ2v) is 12.4. The fraction of sp³-hybridized carbons (Fsp3) is 0.457. The molecule has 1 aromatic heterocycles. The summed E-state index contributed by atoms with van der Waals surface area (Å²) in [6, 6.07) is 15.5. The Morgan fingerprint density at radius 1 is 1.02 bits per heavy atom. The van der Waals surface area contributed by atoms with Gasteiger partial charge < -0.3 is 25.6 Å². The Bertz CT molecular complexity index is 1480. The number of nitrogens with zero attached hydrogens (tertiary/aromatic N) is 2. The average molecular weight is 600 g/mol. The van der Waals surface area contributed by atoms with Gasteiger partial charge in [0.2, 0.25) is 0 Å². The van der Waals surface area contributed by atoms with E-state index in [1.54, 1.807) is 19.4 Å². The van der Waals surface area contributed by atoms with E-state index in [1.807, 2.05) is 49.4 Å². The average Bonchev–Trinajstić information content (AvgIpc) is 3.31. The molecule has 0 aliphatic carbocycles. The number of carbonyl (C=O) groups excluding carboxylic acids is 2. The predicted octanol–water partition coefficient (Wildman–Crippen LogP) is 4.91. The van der Waals surface area contributed by atoms with Crippen molar-refractivity contribution in [3.8, 4) is 5.75 Å². The number of amides is 2. The van der Waals surface area contributed by atoms with Crippen LogP contribution in [0, 0.1) is 12.7 Å². The van der Waals surface area contributed by atoms with Gasteiger partial charge >= 0.3 is 0 Å². The normalized spacial score (nSPS) is 21.6. The molecule has 2 atom stereocenters. The van der Waals surface area contributed by atoms with Crippen LogP contribution in [0.3, 0.4) is 0 Å². The summed E-state index contributed by atoms with van der Waals surface area (Å²) in [6.45, 7) is 4.20. The number of carbonyl (C=O) groups is 2. The monoisotopic (exact) mass is 599 g/mol. The van der Waals surface area contributed by atoms with Crippen molar-refractivity contribution < 1.29 is 18.7 Å².